The number of hydrogen-bond acceptors (Lipinski definition) is 6. The smallest absolute Gasteiger partial charge is 0.330 e. The van der Waals surface area contributed by atoms with Crippen molar-refractivity contribution in [3.05, 3.63) is 69.5 Å². The summed E-state index contributed by atoms with van der Waals surface area (Å²) in [6.45, 7) is 8.92. The van der Waals surface area contributed by atoms with Crippen molar-refractivity contribution < 1.29 is 9.32 Å². The highest BCUT2D eigenvalue weighted by Gasteiger charge is 2.19. The zero-order valence-electron chi connectivity index (χ0n) is 19.8. The Bertz CT molecular complexity index is 1490. The van der Waals surface area contributed by atoms with Crippen LogP contribution in [0.3, 0.4) is 0 Å². The van der Waals surface area contributed by atoms with Crippen LogP contribution in [-0.4, -0.2) is 25.2 Å². The number of hydrogen-bond donors (Lipinski definition) is 1. The van der Waals surface area contributed by atoms with Crippen LogP contribution < -0.4 is 11.0 Å². The molecule has 4 rings (SSSR count). The highest BCUT2D eigenvalue weighted by molar-refractivity contribution is 5.95. The second kappa shape index (κ2) is 8.63. The largest absolute Gasteiger partial charge is 0.363 e. The van der Waals surface area contributed by atoms with Gasteiger partial charge in [-0.2, -0.15) is 5.26 Å². The van der Waals surface area contributed by atoms with Crippen molar-refractivity contribution in [3.63, 3.8) is 0 Å². The highest BCUT2D eigenvalue weighted by atomic mass is 16.5. The first-order valence-electron chi connectivity index (χ1n) is 10.9. The molecule has 0 aliphatic carbocycles. The number of nitrogens with one attached hydrogen (secondary N) is 1. The Morgan fingerprint density at radius 1 is 1.24 bits per heavy atom. The molecule has 0 saturated carbocycles. The Labute approximate surface area is 196 Å². The van der Waals surface area contributed by atoms with E-state index >= 15 is 0 Å². The molecular formula is C25H26N6O3. The number of imidazole rings is 1. The van der Waals surface area contributed by atoms with E-state index in [9.17, 15) is 9.59 Å². The molecule has 1 aromatic carbocycles. The third kappa shape index (κ3) is 4.35. The van der Waals surface area contributed by atoms with Crippen LogP contribution in [-0.2, 0) is 20.1 Å². The van der Waals surface area contributed by atoms with E-state index in [-0.39, 0.29) is 29.3 Å². The van der Waals surface area contributed by atoms with E-state index in [0.717, 1.165) is 16.6 Å². The van der Waals surface area contributed by atoms with Gasteiger partial charge in [-0.1, -0.05) is 32.0 Å². The summed E-state index contributed by atoms with van der Waals surface area (Å²) >= 11 is 0. The number of benzene rings is 1. The van der Waals surface area contributed by atoms with E-state index in [1.54, 1.807) is 28.3 Å². The number of amides is 1. The Kier molecular flexibility index (Phi) is 5.83. The zero-order chi connectivity index (χ0) is 24.6. The number of rotatable bonds is 5. The molecule has 0 aliphatic rings. The minimum atomic E-state index is -0.295. The first-order valence-corrected chi connectivity index (χ1v) is 10.9. The molecule has 0 saturated heterocycles. The maximum Gasteiger partial charge on any atom is 0.330 e. The molecule has 0 bridgehead atoms. The van der Waals surface area contributed by atoms with Crippen molar-refractivity contribution in [2.24, 2.45) is 12.5 Å². The Balaban J connectivity index is 1.67. The van der Waals surface area contributed by atoms with Gasteiger partial charge in [0.05, 0.1) is 11.2 Å². The van der Waals surface area contributed by atoms with Gasteiger partial charge in [-0.05, 0) is 42.2 Å². The molecular weight excluding hydrogens is 432 g/mol. The summed E-state index contributed by atoms with van der Waals surface area (Å²) in [5, 5.41) is 15.4. The molecule has 0 fully saturated rings. The van der Waals surface area contributed by atoms with Crippen molar-refractivity contribution in [2.45, 2.75) is 40.8 Å². The predicted molar refractivity (Wildman–Crippen MR) is 127 cm³/mol. The number of fused-ring (bicyclic) bond motifs is 1. The van der Waals surface area contributed by atoms with Gasteiger partial charge in [0.1, 0.15) is 12.3 Å². The monoisotopic (exact) mass is 458 g/mol. The second-order valence-electron chi connectivity index (χ2n) is 9.54. The summed E-state index contributed by atoms with van der Waals surface area (Å²) in [7, 11) is 1.72. The quantitative estimate of drug-likeness (QED) is 0.489. The summed E-state index contributed by atoms with van der Waals surface area (Å²) in [6.07, 6.45) is 1.34. The summed E-state index contributed by atoms with van der Waals surface area (Å²) in [6, 6.07) is 11.1. The highest BCUT2D eigenvalue weighted by Crippen LogP contribution is 2.26. The SMILES string of the molecule is Cc1ccc(C(=O)NCc2conc2C#N)cc1-c1ccc2c(n1)n(C)c(=O)n2CC(C)(C)C. The molecule has 9 nitrogen and oxygen atoms in total. The number of pyridine rings is 1. The third-order valence-corrected chi connectivity index (χ3v) is 5.58. The van der Waals surface area contributed by atoms with Crippen molar-refractivity contribution in [2.75, 3.05) is 0 Å². The molecule has 174 valence electrons. The van der Waals surface area contributed by atoms with E-state index in [0.29, 0.717) is 29.0 Å². The van der Waals surface area contributed by atoms with Crippen molar-refractivity contribution in [3.8, 4) is 17.3 Å². The van der Waals surface area contributed by atoms with Gasteiger partial charge in [-0.3, -0.25) is 13.9 Å². The van der Waals surface area contributed by atoms with E-state index in [2.05, 4.69) is 31.2 Å². The molecule has 0 atom stereocenters. The molecule has 34 heavy (non-hydrogen) atoms. The Hall–Kier alpha value is -4.19. The van der Waals surface area contributed by atoms with Gasteiger partial charge in [0.2, 0.25) is 0 Å². The van der Waals surface area contributed by atoms with E-state index in [1.165, 1.54) is 6.26 Å². The third-order valence-electron chi connectivity index (χ3n) is 5.58. The van der Waals surface area contributed by atoms with Crippen molar-refractivity contribution >= 4 is 17.1 Å². The Morgan fingerprint density at radius 2 is 2.00 bits per heavy atom. The van der Waals surface area contributed by atoms with Gasteiger partial charge < -0.3 is 9.84 Å². The van der Waals surface area contributed by atoms with Crippen molar-refractivity contribution in [1.82, 2.24) is 24.6 Å². The van der Waals surface area contributed by atoms with Crippen LogP contribution in [0.2, 0.25) is 0 Å². The fourth-order valence-corrected chi connectivity index (χ4v) is 3.84. The molecule has 3 aromatic heterocycles. The molecule has 0 spiro atoms. The number of aryl methyl sites for hydroxylation is 2. The predicted octanol–water partition coefficient (Wildman–Crippen LogP) is 3.55. The van der Waals surface area contributed by atoms with Crippen LogP contribution >= 0.6 is 0 Å². The summed E-state index contributed by atoms with van der Waals surface area (Å²) < 4.78 is 8.10. The first kappa shape index (κ1) is 23.0. The van der Waals surface area contributed by atoms with E-state index in [4.69, 9.17) is 14.8 Å². The minimum absolute atomic E-state index is 0.0599. The van der Waals surface area contributed by atoms with Crippen LogP contribution in [0.15, 0.2) is 45.9 Å². The molecule has 4 aromatic rings. The van der Waals surface area contributed by atoms with Crippen LogP contribution in [0.4, 0.5) is 0 Å². The number of carbonyl (C=O) groups excluding carboxylic acids is 1. The lowest BCUT2D eigenvalue weighted by Crippen LogP contribution is -2.27. The van der Waals surface area contributed by atoms with Gasteiger partial charge >= 0.3 is 5.69 Å². The molecule has 1 N–H and O–H groups in total. The number of aromatic nitrogens is 4. The average molecular weight is 459 g/mol. The Morgan fingerprint density at radius 3 is 2.71 bits per heavy atom. The minimum Gasteiger partial charge on any atom is -0.363 e. The van der Waals surface area contributed by atoms with Gasteiger partial charge in [0.15, 0.2) is 11.3 Å². The topological polar surface area (TPSA) is 119 Å². The van der Waals surface area contributed by atoms with Gasteiger partial charge in [-0.25, -0.2) is 9.78 Å². The number of nitriles is 1. The van der Waals surface area contributed by atoms with Crippen LogP contribution in [0.1, 0.15) is 48.0 Å². The fourth-order valence-electron chi connectivity index (χ4n) is 3.84. The maximum absolute atomic E-state index is 12.8. The van der Waals surface area contributed by atoms with Gasteiger partial charge in [-0.15, -0.1) is 0 Å². The van der Waals surface area contributed by atoms with Gasteiger partial charge in [0.25, 0.3) is 5.91 Å². The zero-order valence-corrected chi connectivity index (χ0v) is 19.8. The summed E-state index contributed by atoms with van der Waals surface area (Å²) in [5.41, 5.74) is 4.74. The average Bonchev–Trinajstić information content (AvgIpc) is 3.35. The summed E-state index contributed by atoms with van der Waals surface area (Å²) in [4.78, 5) is 30.4. The molecule has 9 heteroatoms. The number of carbonyl (C=O) groups is 1. The first-order chi connectivity index (χ1) is 16.1. The lowest BCUT2D eigenvalue weighted by Gasteiger charge is -2.18. The standard InChI is InChI=1S/C25H26N6O3/c1-15-6-7-16(23(32)27-12-17-13-34-29-20(17)11-26)10-18(15)19-8-9-21-22(28-19)30(5)24(33)31(21)14-25(2,3)4/h6-10,13H,12,14H2,1-5H3,(H,27,32). The molecule has 0 unspecified atom stereocenters. The lowest BCUT2D eigenvalue weighted by molar-refractivity contribution is 0.0951. The van der Waals surface area contributed by atoms with Crippen LogP contribution in [0, 0.1) is 23.7 Å². The van der Waals surface area contributed by atoms with Crippen LogP contribution in [0.5, 0.6) is 0 Å². The van der Waals surface area contributed by atoms with Gasteiger partial charge in [0, 0.05) is 36.8 Å². The maximum atomic E-state index is 12.8. The van der Waals surface area contributed by atoms with Crippen LogP contribution in [0.25, 0.3) is 22.4 Å². The molecule has 0 radical (unpaired) electrons. The fraction of sp³-hybridized carbons (Fsp3) is 0.320. The molecule has 1 amide bonds. The normalized spacial score (nSPS) is 11.5. The second-order valence-corrected chi connectivity index (χ2v) is 9.54. The lowest BCUT2D eigenvalue weighted by atomic mass is 9.97. The molecule has 0 aliphatic heterocycles. The molecule has 3 heterocycles. The number of nitrogens with zero attached hydrogens (tertiary/aromatic N) is 5. The summed E-state index contributed by atoms with van der Waals surface area (Å²) in [5.74, 6) is -0.295. The van der Waals surface area contributed by atoms with Crippen molar-refractivity contribution in [1.29, 1.82) is 5.26 Å². The van der Waals surface area contributed by atoms with E-state index in [1.807, 2.05) is 31.2 Å². The van der Waals surface area contributed by atoms with E-state index < -0.39 is 0 Å².